The largest absolute Gasteiger partial charge is 0.496 e. The summed E-state index contributed by atoms with van der Waals surface area (Å²) in [6.45, 7) is 5.46. The van der Waals surface area contributed by atoms with Crippen LogP contribution in [-0.4, -0.2) is 34.0 Å². The summed E-state index contributed by atoms with van der Waals surface area (Å²) < 4.78 is 11.0. The van der Waals surface area contributed by atoms with Gasteiger partial charge >= 0.3 is 5.97 Å². The molecule has 0 aliphatic heterocycles. The topological polar surface area (TPSA) is 81.5 Å². The monoisotopic (exact) mass is 356 g/mol. The number of hydrogen-bond acceptors (Lipinski definition) is 6. The van der Waals surface area contributed by atoms with Gasteiger partial charge in [0, 0.05) is 11.5 Å². The van der Waals surface area contributed by atoms with E-state index in [-0.39, 0.29) is 24.4 Å². The number of aliphatic hydroxyl groups is 1. The molecule has 0 saturated heterocycles. The second-order valence-electron chi connectivity index (χ2n) is 7.53. The van der Waals surface area contributed by atoms with Crippen molar-refractivity contribution >= 4 is 5.97 Å². The van der Waals surface area contributed by atoms with Gasteiger partial charge in [-0.15, -0.1) is 0 Å². The van der Waals surface area contributed by atoms with Crippen LogP contribution in [-0.2, 0) is 16.1 Å². The first-order valence-electron chi connectivity index (χ1n) is 8.66. The van der Waals surface area contributed by atoms with Gasteiger partial charge in [0.15, 0.2) is 0 Å². The van der Waals surface area contributed by atoms with E-state index in [9.17, 15) is 9.90 Å². The lowest BCUT2D eigenvalue weighted by molar-refractivity contribution is -0.156. The van der Waals surface area contributed by atoms with Gasteiger partial charge in [0.25, 0.3) is 0 Å². The number of nitrogens with zero attached hydrogens (tertiary/aromatic N) is 2. The molecule has 3 rings (SSSR count). The SMILES string of the molecule is COc1ccc(-c2cnnc(CO)c2)cc1C1CC1C(=O)OC(C)(C)C. The van der Waals surface area contributed by atoms with Crippen LogP contribution in [0.3, 0.4) is 0 Å². The maximum atomic E-state index is 12.3. The number of methoxy groups -OCH3 is 1. The van der Waals surface area contributed by atoms with Gasteiger partial charge in [-0.2, -0.15) is 10.2 Å². The number of carbonyl (C=O) groups is 1. The minimum Gasteiger partial charge on any atom is -0.496 e. The Morgan fingerprint density at radius 3 is 2.69 bits per heavy atom. The summed E-state index contributed by atoms with van der Waals surface area (Å²) in [5, 5.41) is 17.1. The summed E-state index contributed by atoms with van der Waals surface area (Å²) in [7, 11) is 1.63. The molecule has 2 unspecified atom stereocenters. The Balaban J connectivity index is 1.87. The third-order valence-electron chi connectivity index (χ3n) is 4.33. The third kappa shape index (κ3) is 4.02. The molecule has 6 heteroatoms. The Hall–Kier alpha value is -2.47. The number of carbonyl (C=O) groups excluding carboxylic acids is 1. The molecule has 1 aromatic carbocycles. The van der Waals surface area contributed by atoms with E-state index < -0.39 is 5.60 Å². The quantitative estimate of drug-likeness (QED) is 0.829. The predicted molar refractivity (Wildman–Crippen MR) is 96.6 cm³/mol. The summed E-state index contributed by atoms with van der Waals surface area (Å²) in [5.41, 5.74) is 2.82. The van der Waals surface area contributed by atoms with E-state index in [1.54, 1.807) is 19.4 Å². The van der Waals surface area contributed by atoms with Crippen LogP contribution in [0, 0.1) is 5.92 Å². The first kappa shape index (κ1) is 18.3. The van der Waals surface area contributed by atoms with Gasteiger partial charge in [-0.3, -0.25) is 4.79 Å². The summed E-state index contributed by atoms with van der Waals surface area (Å²) in [6, 6.07) is 7.66. The summed E-state index contributed by atoms with van der Waals surface area (Å²) in [5.74, 6) is 0.547. The molecule has 26 heavy (non-hydrogen) atoms. The van der Waals surface area contributed by atoms with E-state index in [0.717, 1.165) is 28.9 Å². The predicted octanol–water partition coefficient (Wildman–Crippen LogP) is 3.09. The van der Waals surface area contributed by atoms with Gasteiger partial charge in [-0.1, -0.05) is 6.07 Å². The highest BCUT2D eigenvalue weighted by Crippen LogP contribution is 2.52. The molecule has 1 aliphatic rings. The lowest BCUT2D eigenvalue weighted by Crippen LogP contribution is -2.25. The maximum Gasteiger partial charge on any atom is 0.310 e. The first-order valence-corrected chi connectivity index (χ1v) is 8.66. The molecule has 0 bridgehead atoms. The lowest BCUT2D eigenvalue weighted by Gasteiger charge is -2.19. The summed E-state index contributed by atoms with van der Waals surface area (Å²) >= 11 is 0. The van der Waals surface area contributed by atoms with Crippen molar-refractivity contribution in [2.24, 2.45) is 5.92 Å². The number of ether oxygens (including phenoxy) is 2. The summed E-state index contributed by atoms with van der Waals surface area (Å²) in [6.07, 6.45) is 2.41. The molecule has 1 N–H and O–H groups in total. The Morgan fingerprint density at radius 2 is 2.04 bits per heavy atom. The van der Waals surface area contributed by atoms with Crippen LogP contribution in [0.2, 0.25) is 0 Å². The number of aliphatic hydroxyl groups excluding tert-OH is 1. The Labute approximate surface area is 153 Å². The van der Waals surface area contributed by atoms with Crippen molar-refractivity contribution in [2.45, 2.75) is 45.3 Å². The van der Waals surface area contributed by atoms with Crippen molar-refractivity contribution in [3.8, 4) is 16.9 Å². The fourth-order valence-corrected chi connectivity index (χ4v) is 3.03. The molecular weight excluding hydrogens is 332 g/mol. The molecule has 1 aromatic heterocycles. The Kier molecular flexibility index (Phi) is 4.96. The standard InChI is InChI=1S/C20H24N2O4/c1-20(2,3)26-19(24)17-9-15(17)16-8-12(5-6-18(16)25-4)13-7-14(11-23)22-21-10-13/h5-8,10,15,17,23H,9,11H2,1-4H3. The van der Waals surface area contributed by atoms with Crippen molar-refractivity contribution in [1.82, 2.24) is 10.2 Å². The molecule has 0 spiro atoms. The average Bonchev–Trinajstić information content (AvgIpc) is 3.40. The van der Waals surface area contributed by atoms with Crippen LogP contribution in [0.25, 0.3) is 11.1 Å². The minimum absolute atomic E-state index is 0.0897. The van der Waals surface area contributed by atoms with Crippen LogP contribution in [0.4, 0.5) is 0 Å². The van der Waals surface area contributed by atoms with Gasteiger partial charge in [-0.05, 0) is 56.5 Å². The van der Waals surface area contributed by atoms with E-state index >= 15 is 0 Å². The number of esters is 1. The van der Waals surface area contributed by atoms with Crippen molar-refractivity contribution in [1.29, 1.82) is 0 Å². The number of hydrogen-bond donors (Lipinski definition) is 1. The maximum absolute atomic E-state index is 12.3. The first-order chi connectivity index (χ1) is 12.3. The zero-order valence-electron chi connectivity index (χ0n) is 15.5. The molecular formula is C20H24N2O4. The molecule has 0 amide bonds. The van der Waals surface area contributed by atoms with E-state index in [2.05, 4.69) is 10.2 Å². The Morgan fingerprint density at radius 1 is 1.27 bits per heavy atom. The van der Waals surface area contributed by atoms with Gasteiger partial charge < -0.3 is 14.6 Å². The minimum atomic E-state index is -0.487. The zero-order valence-corrected chi connectivity index (χ0v) is 15.5. The molecule has 1 saturated carbocycles. The van der Waals surface area contributed by atoms with Gasteiger partial charge in [0.05, 0.1) is 31.5 Å². The highest BCUT2D eigenvalue weighted by Gasteiger charge is 2.47. The second kappa shape index (κ2) is 7.03. The average molecular weight is 356 g/mol. The molecule has 0 radical (unpaired) electrons. The van der Waals surface area contributed by atoms with Crippen molar-refractivity contribution in [2.75, 3.05) is 7.11 Å². The summed E-state index contributed by atoms with van der Waals surface area (Å²) in [4.78, 5) is 12.3. The highest BCUT2D eigenvalue weighted by molar-refractivity contribution is 5.78. The van der Waals surface area contributed by atoms with E-state index in [0.29, 0.717) is 5.69 Å². The van der Waals surface area contributed by atoms with Gasteiger partial charge in [0.2, 0.25) is 0 Å². The van der Waals surface area contributed by atoms with E-state index in [1.807, 2.05) is 39.0 Å². The van der Waals surface area contributed by atoms with E-state index in [4.69, 9.17) is 9.47 Å². The number of aromatic nitrogens is 2. The highest BCUT2D eigenvalue weighted by atomic mass is 16.6. The van der Waals surface area contributed by atoms with Crippen molar-refractivity contribution in [3.05, 3.63) is 41.7 Å². The lowest BCUT2D eigenvalue weighted by atomic mass is 10.00. The van der Waals surface area contributed by atoms with Crippen molar-refractivity contribution < 1.29 is 19.4 Å². The molecule has 1 aliphatic carbocycles. The molecule has 1 heterocycles. The smallest absolute Gasteiger partial charge is 0.310 e. The molecule has 2 atom stereocenters. The second-order valence-corrected chi connectivity index (χ2v) is 7.53. The van der Waals surface area contributed by atoms with Crippen LogP contribution in [0.15, 0.2) is 30.5 Å². The number of benzene rings is 1. The van der Waals surface area contributed by atoms with Gasteiger partial charge in [0.1, 0.15) is 11.4 Å². The van der Waals surface area contributed by atoms with Gasteiger partial charge in [-0.25, -0.2) is 0 Å². The van der Waals surface area contributed by atoms with Crippen LogP contribution in [0.5, 0.6) is 5.75 Å². The Bertz CT molecular complexity index is 814. The van der Waals surface area contributed by atoms with Crippen LogP contribution >= 0.6 is 0 Å². The third-order valence-corrected chi connectivity index (χ3v) is 4.33. The molecule has 138 valence electrons. The van der Waals surface area contributed by atoms with Crippen LogP contribution < -0.4 is 4.74 Å². The van der Waals surface area contributed by atoms with Crippen LogP contribution in [0.1, 0.15) is 44.4 Å². The zero-order chi connectivity index (χ0) is 18.9. The molecule has 1 fully saturated rings. The number of rotatable bonds is 5. The molecule has 6 nitrogen and oxygen atoms in total. The fourth-order valence-electron chi connectivity index (χ4n) is 3.03. The van der Waals surface area contributed by atoms with E-state index in [1.165, 1.54) is 0 Å². The van der Waals surface area contributed by atoms with Crippen molar-refractivity contribution in [3.63, 3.8) is 0 Å². The molecule has 2 aromatic rings. The fraction of sp³-hybridized carbons (Fsp3) is 0.450. The normalized spacial score (nSPS) is 19.1.